The average Bonchev–Trinajstić information content (AvgIpc) is 2.88. The molecule has 1 aliphatic heterocycles. The fraction of sp³-hybridized carbons (Fsp3) is 0.370. The van der Waals surface area contributed by atoms with Gasteiger partial charge in [0.2, 0.25) is 17.7 Å². The first-order chi connectivity index (χ1) is 17.6. The molecule has 0 radical (unpaired) electrons. The van der Waals surface area contributed by atoms with Crippen LogP contribution in [0.3, 0.4) is 0 Å². The lowest BCUT2D eigenvalue weighted by Crippen LogP contribution is -2.52. The third-order valence-electron chi connectivity index (χ3n) is 6.77. The maximum Gasteiger partial charge on any atom is 0.248 e. The molecule has 1 aliphatic carbocycles. The van der Waals surface area contributed by atoms with Gasteiger partial charge in [-0.1, -0.05) is 30.3 Å². The molecule has 5 rings (SSSR count). The van der Waals surface area contributed by atoms with Crippen molar-refractivity contribution in [3.63, 3.8) is 0 Å². The van der Waals surface area contributed by atoms with E-state index in [0.717, 1.165) is 53.3 Å². The Morgan fingerprint density at radius 1 is 1.11 bits per heavy atom. The number of methoxy groups -OCH3 is 1. The maximum atomic E-state index is 11.4. The molecule has 1 amide bonds. The predicted molar refractivity (Wildman–Crippen MR) is 140 cm³/mol. The quantitative estimate of drug-likeness (QED) is 0.467. The molecule has 2 heterocycles. The van der Waals surface area contributed by atoms with Crippen molar-refractivity contribution in [2.24, 2.45) is 5.73 Å². The molecule has 2 N–H and O–H groups in total. The first-order valence-corrected chi connectivity index (χ1v) is 13.1. The second-order valence-electron chi connectivity index (χ2n) is 9.08. The minimum Gasteiger partial charge on any atom is -0.497 e. The zero-order valence-corrected chi connectivity index (χ0v) is 21.2. The number of piperazine rings is 1. The molecule has 8 nitrogen and oxygen atoms in total. The third-order valence-corrected chi connectivity index (χ3v) is 7.78. The Balaban J connectivity index is 1.34. The van der Waals surface area contributed by atoms with Gasteiger partial charge in [0.05, 0.1) is 18.2 Å². The molecule has 0 atom stereocenters. The highest BCUT2D eigenvalue weighted by Crippen LogP contribution is 2.35. The summed E-state index contributed by atoms with van der Waals surface area (Å²) < 4.78 is 11.6. The molecule has 1 aromatic heterocycles. The van der Waals surface area contributed by atoms with Crippen LogP contribution in [0.1, 0.15) is 35.2 Å². The van der Waals surface area contributed by atoms with Gasteiger partial charge in [-0.3, -0.25) is 9.69 Å². The van der Waals surface area contributed by atoms with Crippen LogP contribution in [-0.2, 0) is 6.61 Å². The topological polar surface area (TPSA) is 93.8 Å². The van der Waals surface area contributed by atoms with Gasteiger partial charge >= 0.3 is 0 Å². The molecule has 2 fully saturated rings. The van der Waals surface area contributed by atoms with Gasteiger partial charge in [0, 0.05) is 42.7 Å². The number of anilines is 1. The van der Waals surface area contributed by atoms with Crippen LogP contribution >= 0.6 is 11.8 Å². The molecule has 3 aromatic rings. The van der Waals surface area contributed by atoms with E-state index in [1.165, 1.54) is 31.0 Å². The number of hydrogen-bond donors (Lipinski definition) is 1. The average molecular weight is 506 g/mol. The van der Waals surface area contributed by atoms with Crippen molar-refractivity contribution in [3.8, 4) is 11.6 Å². The van der Waals surface area contributed by atoms with E-state index in [1.54, 1.807) is 19.2 Å². The molecule has 0 bridgehead atoms. The number of amides is 1. The van der Waals surface area contributed by atoms with E-state index in [4.69, 9.17) is 25.2 Å². The second-order valence-corrected chi connectivity index (χ2v) is 10.2. The van der Waals surface area contributed by atoms with Gasteiger partial charge in [-0.2, -0.15) is 4.98 Å². The first-order valence-electron chi connectivity index (χ1n) is 12.3. The number of carbonyl (C=O) groups is 1. The fourth-order valence-electron chi connectivity index (χ4n) is 4.44. The number of benzene rings is 2. The zero-order valence-electron chi connectivity index (χ0n) is 20.4. The molecule has 2 aliphatic rings. The predicted octanol–water partition coefficient (Wildman–Crippen LogP) is 3.99. The van der Waals surface area contributed by atoms with Crippen LogP contribution in [0.15, 0.2) is 64.5 Å². The number of primary amides is 1. The largest absolute Gasteiger partial charge is 0.497 e. The molecule has 1 saturated carbocycles. The van der Waals surface area contributed by atoms with Crippen molar-refractivity contribution < 1.29 is 14.3 Å². The van der Waals surface area contributed by atoms with Crippen LogP contribution in [0, 0.1) is 0 Å². The Morgan fingerprint density at radius 3 is 2.56 bits per heavy atom. The Kier molecular flexibility index (Phi) is 7.58. The van der Waals surface area contributed by atoms with Crippen LogP contribution in [0.25, 0.3) is 0 Å². The molecule has 2 aromatic carbocycles. The second kappa shape index (κ2) is 11.2. The van der Waals surface area contributed by atoms with Crippen molar-refractivity contribution in [2.45, 2.75) is 41.7 Å². The fourth-order valence-corrected chi connectivity index (χ4v) is 5.26. The highest BCUT2D eigenvalue weighted by molar-refractivity contribution is 7.99. The normalized spacial score (nSPS) is 16.4. The van der Waals surface area contributed by atoms with Gasteiger partial charge in [-0.25, -0.2) is 4.98 Å². The van der Waals surface area contributed by atoms with E-state index >= 15 is 0 Å². The summed E-state index contributed by atoms with van der Waals surface area (Å²) in [6, 6.07) is 15.7. The van der Waals surface area contributed by atoms with Crippen molar-refractivity contribution >= 4 is 23.6 Å². The SMILES string of the molecule is COc1cccc(COc2nc(N3CCN(C4CCC4)CC3)ncc2Sc2ccc(C(N)=O)cc2)c1. The summed E-state index contributed by atoms with van der Waals surface area (Å²) >= 11 is 1.49. The number of nitrogens with zero attached hydrogens (tertiary/aromatic N) is 4. The smallest absolute Gasteiger partial charge is 0.248 e. The number of nitrogens with two attached hydrogens (primary N) is 1. The molecule has 188 valence electrons. The monoisotopic (exact) mass is 505 g/mol. The summed E-state index contributed by atoms with van der Waals surface area (Å²) in [5.74, 6) is 1.57. The minimum absolute atomic E-state index is 0.358. The number of ether oxygens (including phenoxy) is 2. The standard InChI is InChI=1S/C27H31N5O3S/c1-34-22-7-2-4-19(16-22)18-35-26-24(36-23-10-8-20(9-11-23)25(28)33)17-29-27(30-26)32-14-12-31(13-15-32)21-5-3-6-21/h2,4,7-11,16-17,21H,3,5-6,12-15,18H2,1H3,(H2,28,33). The summed E-state index contributed by atoms with van der Waals surface area (Å²) in [5.41, 5.74) is 6.84. The number of hydrogen-bond acceptors (Lipinski definition) is 8. The highest BCUT2D eigenvalue weighted by atomic mass is 32.2. The van der Waals surface area contributed by atoms with Crippen molar-refractivity contribution in [2.75, 3.05) is 38.2 Å². The Hall–Kier alpha value is -3.30. The Bertz CT molecular complexity index is 1190. The Labute approximate surface area is 215 Å². The summed E-state index contributed by atoms with van der Waals surface area (Å²) in [6.07, 6.45) is 5.83. The first kappa shape index (κ1) is 24.4. The third kappa shape index (κ3) is 5.74. The van der Waals surface area contributed by atoms with E-state index in [0.29, 0.717) is 24.0 Å². The van der Waals surface area contributed by atoms with E-state index in [1.807, 2.05) is 42.6 Å². The van der Waals surface area contributed by atoms with Gasteiger partial charge in [0.15, 0.2) is 0 Å². The van der Waals surface area contributed by atoms with Crippen LogP contribution in [-0.4, -0.2) is 60.1 Å². The van der Waals surface area contributed by atoms with Crippen LogP contribution in [0.4, 0.5) is 5.95 Å². The van der Waals surface area contributed by atoms with Crippen molar-refractivity contribution in [1.29, 1.82) is 0 Å². The van der Waals surface area contributed by atoms with Crippen LogP contribution in [0.5, 0.6) is 11.6 Å². The molecule has 0 spiro atoms. The summed E-state index contributed by atoms with van der Waals surface area (Å²) in [5, 5.41) is 0. The molecule has 9 heteroatoms. The number of carbonyl (C=O) groups excluding carboxylic acids is 1. The molecule has 0 unspecified atom stereocenters. The number of aromatic nitrogens is 2. The minimum atomic E-state index is -0.445. The molecule has 1 saturated heterocycles. The lowest BCUT2D eigenvalue weighted by Gasteiger charge is -2.42. The van der Waals surface area contributed by atoms with Crippen molar-refractivity contribution in [3.05, 3.63) is 65.9 Å². The van der Waals surface area contributed by atoms with E-state index in [-0.39, 0.29) is 0 Å². The molecular weight excluding hydrogens is 474 g/mol. The Morgan fingerprint density at radius 2 is 1.89 bits per heavy atom. The van der Waals surface area contributed by atoms with Gasteiger partial charge in [0.1, 0.15) is 12.4 Å². The molecular formula is C27H31N5O3S. The van der Waals surface area contributed by atoms with E-state index < -0.39 is 5.91 Å². The summed E-state index contributed by atoms with van der Waals surface area (Å²) in [4.78, 5) is 27.5. The lowest BCUT2D eigenvalue weighted by molar-refractivity contribution is 0.1000. The zero-order chi connectivity index (χ0) is 24.9. The van der Waals surface area contributed by atoms with Crippen LogP contribution < -0.4 is 20.1 Å². The summed E-state index contributed by atoms with van der Waals surface area (Å²) in [7, 11) is 1.65. The lowest BCUT2D eigenvalue weighted by atomic mass is 9.91. The van der Waals surface area contributed by atoms with Crippen LogP contribution in [0.2, 0.25) is 0 Å². The van der Waals surface area contributed by atoms with Gasteiger partial charge in [-0.05, 0) is 54.8 Å². The highest BCUT2D eigenvalue weighted by Gasteiger charge is 2.29. The summed E-state index contributed by atoms with van der Waals surface area (Å²) in [6.45, 7) is 4.25. The van der Waals surface area contributed by atoms with Gasteiger partial charge in [0.25, 0.3) is 0 Å². The van der Waals surface area contributed by atoms with Crippen molar-refractivity contribution in [1.82, 2.24) is 14.9 Å². The molecule has 36 heavy (non-hydrogen) atoms. The van der Waals surface area contributed by atoms with E-state index in [2.05, 4.69) is 9.80 Å². The van der Waals surface area contributed by atoms with Gasteiger partial charge < -0.3 is 20.1 Å². The number of rotatable bonds is 9. The van der Waals surface area contributed by atoms with Gasteiger partial charge in [-0.15, -0.1) is 0 Å². The van der Waals surface area contributed by atoms with E-state index in [9.17, 15) is 4.79 Å². The maximum absolute atomic E-state index is 11.4.